The zero-order chi connectivity index (χ0) is 46.1. The summed E-state index contributed by atoms with van der Waals surface area (Å²) in [5.41, 5.74) is 0.867. The zero-order valence-electron chi connectivity index (χ0n) is 36.5. The second kappa shape index (κ2) is 25.3. The van der Waals surface area contributed by atoms with E-state index in [2.05, 4.69) is 26.8 Å². The number of carbonyl (C=O) groups excluding carboxylic acids is 2. The molecule has 3 heterocycles. The molecule has 12 atom stereocenters. The van der Waals surface area contributed by atoms with E-state index >= 15 is 0 Å². The van der Waals surface area contributed by atoms with E-state index in [0.29, 0.717) is 5.92 Å². The monoisotopic (exact) mass is 886 g/mol. The second-order valence-electron chi connectivity index (χ2n) is 16.1. The van der Waals surface area contributed by atoms with Gasteiger partial charge < -0.3 is 69.3 Å². The fraction of sp³-hybridized carbons (Fsp3) is 0.574. The number of hydrogen-bond acceptors (Lipinski definition) is 16. The molecular weight excluding hydrogens is 821 g/mol. The molecule has 63 heavy (non-hydrogen) atoms. The van der Waals surface area contributed by atoms with E-state index in [1.54, 1.807) is 12.2 Å². The first-order valence-corrected chi connectivity index (χ1v) is 21.7. The summed E-state index contributed by atoms with van der Waals surface area (Å²) in [5.74, 6) is -4.26. The van der Waals surface area contributed by atoms with Gasteiger partial charge in [0.15, 0.2) is 18.5 Å². The molecule has 0 aliphatic carbocycles. The minimum absolute atomic E-state index is 0.107. The van der Waals surface area contributed by atoms with Gasteiger partial charge in [-0.25, -0.2) is 9.59 Å². The van der Waals surface area contributed by atoms with E-state index in [1.807, 2.05) is 25.2 Å². The molecule has 4 rings (SSSR count). The number of aromatic hydroxyl groups is 2. The van der Waals surface area contributed by atoms with Crippen LogP contribution in [0.25, 0.3) is 0 Å². The second-order valence-corrected chi connectivity index (χ2v) is 16.1. The Bertz CT molecular complexity index is 1800. The number of fused-ring (bicyclic) bond motifs is 2. The van der Waals surface area contributed by atoms with Crippen LogP contribution in [0.4, 0.5) is 0 Å². The fourth-order valence-corrected chi connectivity index (χ4v) is 7.32. The number of phenolic OH excluding ortho intramolecular Hbond substituents is 2. The van der Waals surface area contributed by atoms with E-state index in [4.69, 9.17) is 28.4 Å². The number of allylic oxidation sites excluding steroid dienone is 8. The average Bonchev–Trinajstić information content (AvgIpc) is 3.63. The summed E-state index contributed by atoms with van der Waals surface area (Å²) in [6, 6.07) is 2.27. The van der Waals surface area contributed by atoms with Gasteiger partial charge in [-0.2, -0.15) is 0 Å². The van der Waals surface area contributed by atoms with Gasteiger partial charge in [0.2, 0.25) is 5.79 Å². The van der Waals surface area contributed by atoms with Crippen molar-refractivity contribution >= 4 is 11.9 Å². The molecule has 1 spiro atoms. The van der Waals surface area contributed by atoms with Crippen molar-refractivity contribution in [3.05, 3.63) is 95.7 Å². The van der Waals surface area contributed by atoms with Crippen molar-refractivity contribution in [2.75, 3.05) is 13.2 Å². The van der Waals surface area contributed by atoms with Crippen LogP contribution in [0.2, 0.25) is 0 Å². The van der Waals surface area contributed by atoms with Crippen LogP contribution in [0.1, 0.15) is 90.2 Å². The van der Waals surface area contributed by atoms with Gasteiger partial charge >= 0.3 is 11.9 Å². The molecule has 4 unspecified atom stereocenters. The summed E-state index contributed by atoms with van der Waals surface area (Å²) in [6.07, 6.45) is 8.36. The third kappa shape index (κ3) is 14.1. The molecule has 0 aromatic heterocycles. The van der Waals surface area contributed by atoms with Gasteiger partial charge in [0.25, 0.3) is 0 Å². The predicted octanol–water partition coefficient (Wildman–Crippen LogP) is 4.07. The minimum Gasteiger partial charge on any atom is -0.508 e. The van der Waals surface area contributed by atoms with Crippen molar-refractivity contribution in [1.82, 2.24) is 0 Å². The molecule has 0 radical (unpaired) electrons. The summed E-state index contributed by atoms with van der Waals surface area (Å²) in [6.45, 7) is 6.54. The number of carbonyl (C=O) groups is 2. The van der Waals surface area contributed by atoms with Crippen molar-refractivity contribution in [1.29, 1.82) is 0 Å². The molecule has 350 valence electrons. The Balaban J connectivity index is 1.50. The molecule has 8 N–H and O–H groups in total. The Labute approximate surface area is 369 Å². The summed E-state index contributed by atoms with van der Waals surface area (Å²) in [7, 11) is 0. The normalized spacial score (nSPS) is 30.0. The minimum atomic E-state index is -2.27. The van der Waals surface area contributed by atoms with Gasteiger partial charge in [0.1, 0.15) is 54.7 Å². The number of esters is 2. The molecule has 1 aromatic rings. The first-order valence-electron chi connectivity index (χ1n) is 21.7. The number of aliphatic hydroxyl groups excluding tert-OH is 6. The van der Waals surface area contributed by atoms with E-state index in [-0.39, 0.29) is 29.9 Å². The largest absolute Gasteiger partial charge is 0.508 e. The smallest absolute Gasteiger partial charge is 0.331 e. The van der Waals surface area contributed by atoms with Crippen LogP contribution in [0.3, 0.4) is 0 Å². The van der Waals surface area contributed by atoms with Crippen molar-refractivity contribution in [3.63, 3.8) is 0 Å². The number of benzene rings is 1. The molecular formula is C47H66O16. The predicted molar refractivity (Wildman–Crippen MR) is 230 cm³/mol. The lowest BCUT2D eigenvalue weighted by Gasteiger charge is -2.50. The van der Waals surface area contributed by atoms with Crippen LogP contribution in [-0.4, -0.2) is 127 Å². The highest BCUT2D eigenvalue weighted by Crippen LogP contribution is 2.51. The molecule has 0 amide bonds. The van der Waals surface area contributed by atoms with Crippen LogP contribution in [-0.2, 0) is 50.4 Å². The molecule has 1 aromatic carbocycles. The Morgan fingerprint density at radius 2 is 1.60 bits per heavy atom. The Morgan fingerprint density at radius 3 is 2.32 bits per heavy atom. The Hall–Kier alpha value is -4.20. The maximum Gasteiger partial charge on any atom is 0.331 e. The highest BCUT2D eigenvalue weighted by Gasteiger charge is 2.63. The van der Waals surface area contributed by atoms with Crippen molar-refractivity contribution < 1.29 is 78.9 Å². The van der Waals surface area contributed by atoms with Crippen molar-refractivity contribution in [3.8, 4) is 11.5 Å². The molecule has 2 saturated heterocycles. The number of hydrogen-bond donors (Lipinski definition) is 8. The van der Waals surface area contributed by atoms with E-state index in [9.17, 15) is 50.4 Å². The molecule has 16 heteroatoms. The number of rotatable bonds is 22. The van der Waals surface area contributed by atoms with Crippen LogP contribution in [0, 0.1) is 5.92 Å². The van der Waals surface area contributed by atoms with Gasteiger partial charge in [0, 0.05) is 18.2 Å². The Morgan fingerprint density at radius 1 is 0.889 bits per heavy atom. The summed E-state index contributed by atoms with van der Waals surface area (Å²) in [5, 5.41) is 86.7. The van der Waals surface area contributed by atoms with Crippen LogP contribution in [0.5, 0.6) is 11.5 Å². The highest BCUT2D eigenvalue weighted by molar-refractivity contribution is 5.82. The molecule has 16 nitrogen and oxygen atoms in total. The highest BCUT2D eigenvalue weighted by atomic mass is 16.8. The number of unbranched alkanes of at least 4 members (excludes halogenated alkanes) is 3. The van der Waals surface area contributed by atoms with E-state index in [1.165, 1.54) is 24.3 Å². The first-order chi connectivity index (χ1) is 30.2. The summed E-state index contributed by atoms with van der Waals surface area (Å²) in [4.78, 5) is 25.8. The molecule has 3 aliphatic rings. The van der Waals surface area contributed by atoms with Crippen molar-refractivity contribution in [2.45, 2.75) is 153 Å². The van der Waals surface area contributed by atoms with Gasteiger partial charge in [-0.05, 0) is 62.1 Å². The number of aliphatic hydroxyl groups is 6. The molecule has 0 bridgehead atoms. The lowest BCUT2D eigenvalue weighted by atomic mass is 9.86. The standard InChI is InChI=1S/C47H66O16/c1-5-7-8-9-10-11-17-22-37(52)58-28-36-40(54)41(55)42(56)46(60-36)62-43-35(26-48)63-47(39-31(27-59-47)24-32(49)25-34(39)51)45(57)44(43)61-38(53)23-18-13-16-21-33(50)30(4)20-15-12-14-19-29(3)6-2/h10-13,15-18,20,22-25,29,33,35-36,40-46,48-51,54-57H,5-9,14,19,21,26-28H2,1-4H3/b11-10-,15-12+,16-13+,22-17+,23-18+,30-20+/t29?,33?,35-,36-,40+,41-,42-,43?,44+,45-,46+,47?/m1/s1. The first kappa shape index (κ1) is 51.4. The maximum atomic E-state index is 13.4. The van der Waals surface area contributed by atoms with Crippen molar-refractivity contribution in [2.24, 2.45) is 5.92 Å². The lowest BCUT2D eigenvalue weighted by Crippen LogP contribution is -2.67. The van der Waals surface area contributed by atoms with Crippen LogP contribution < -0.4 is 0 Å². The zero-order valence-corrected chi connectivity index (χ0v) is 36.5. The third-order valence-electron chi connectivity index (χ3n) is 11.3. The molecule has 2 fully saturated rings. The molecule has 0 saturated carbocycles. The number of phenols is 2. The summed E-state index contributed by atoms with van der Waals surface area (Å²) < 4.78 is 34.8. The molecule has 3 aliphatic heterocycles. The maximum absolute atomic E-state index is 13.4. The van der Waals surface area contributed by atoms with Gasteiger partial charge in [-0.1, -0.05) is 94.7 Å². The fourth-order valence-electron chi connectivity index (χ4n) is 7.32. The van der Waals surface area contributed by atoms with Gasteiger partial charge in [-0.3, -0.25) is 0 Å². The van der Waals surface area contributed by atoms with Crippen LogP contribution in [0.15, 0.2) is 84.5 Å². The third-order valence-corrected chi connectivity index (χ3v) is 11.3. The van der Waals surface area contributed by atoms with E-state index < -0.39 is 97.9 Å². The summed E-state index contributed by atoms with van der Waals surface area (Å²) >= 11 is 0. The topological polar surface area (TPSA) is 251 Å². The lowest BCUT2D eigenvalue weighted by molar-refractivity contribution is -0.395. The Kier molecular flexibility index (Phi) is 20.7. The SMILES string of the molecule is CCCCC/C=C\C=C\C(=O)OC[C@H]1O[C@@H](OC2[C@@H](CO)OC3(OCc4cc(O)cc(O)c43)[C@H](O)[C@H]2OC(=O)/C=C/C=C/CC(O)/C(C)=C/C=C/CCC(C)CC)[C@H](O)[C@H](O)[C@H]1O. The quantitative estimate of drug-likeness (QED) is 0.0354. The van der Waals surface area contributed by atoms with Gasteiger partial charge in [0.05, 0.1) is 24.9 Å². The van der Waals surface area contributed by atoms with Crippen LogP contribution >= 0.6 is 0 Å². The number of ether oxygens (including phenoxy) is 6. The average molecular weight is 887 g/mol. The van der Waals surface area contributed by atoms with Gasteiger partial charge in [-0.15, -0.1) is 0 Å². The van der Waals surface area contributed by atoms with E-state index in [0.717, 1.165) is 68.7 Å².